The van der Waals surface area contributed by atoms with E-state index in [1.165, 1.54) is 34.7 Å². The number of hydrogen-bond acceptors (Lipinski definition) is 9. The van der Waals surface area contributed by atoms with Crippen molar-refractivity contribution >= 4 is 56.4 Å². The molecule has 0 aromatic carbocycles. The number of carbonyl (C=O) groups is 1. The topological polar surface area (TPSA) is 123 Å². The second-order valence-corrected chi connectivity index (χ2v) is 9.35. The number of aryl methyl sites for hydroxylation is 1. The molecule has 0 bridgehead atoms. The maximum Gasteiger partial charge on any atom is 0.323 e. The molecule has 4 aromatic heterocycles. The van der Waals surface area contributed by atoms with Crippen molar-refractivity contribution in [3.05, 3.63) is 40.9 Å². The number of hydrogen-bond donors (Lipinski definition) is 2. The number of anilines is 3. The van der Waals surface area contributed by atoms with Crippen LogP contribution in [-0.4, -0.2) is 62.3 Å². The van der Waals surface area contributed by atoms with Crippen LogP contribution in [0.1, 0.15) is 17.8 Å². The van der Waals surface area contributed by atoms with Gasteiger partial charge in [-0.1, -0.05) is 22.9 Å². The minimum absolute atomic E-state index is 0.239. The second-order valence-electron chi connectivity index (χ2n) is 7.76. The van der Waals surface area contributed by atoms with Crippen molar-refractivity contribution in [1.29, 1.82) is 0 Å². The van der Waals surface area contributed by atoms with Crippen LogP contribution in [0.3, 0.4) is 0 Å². The number of nitrogens with one attached hydrogen (secondary N) is 2. The Morgan fingerprint density at radius 3 is 2.65 bits per heavy atom. The quantitative estimate of drug-likeness (QED) is 0.424. The molecule has 2 amide bonds. The highest BCUT2D eigenvalue weighted by Gasteiger charge is 2.25. The molecule has 0 unspecified atom stereocenters. The highest BCUT2D eigenvalue weighted by Crippen LogP contribution is 2.37. The summed E-state index contributed by atoms with van der Waals surface area (Å²) < 4.78 is 5.51. The van der Waals surface area contributed by atoms with Crippen LogP contribution in [0.25, 0.3) is 16.2 Å². The Kier molecular flexibility index (Phi) is 6.26. The molecule has 0 spiro atoms. The average molecular weight is 500 g/mol. The van der Waals surface area contributed by atoms with Crippen LogP contribution >= 0.6 is 22.9 Å². The van der Waals surface area contributed by atoms with Crippen molar-refractivity contribution in [3.8, 4) is 5.82 Å². The van der Waals surface area contributed by atoms with Crippen LogP contribution in [-0.2, 0) is 4.74 Å². The number of piperidine rings is 1. The highest BCUT2D eigenvalue weighted by molar-refractivity contribution is 7.18. The van der Waals surface area contributed by atoms with E-state index in [2.05, 4.69) is 35.7 Å². The Morgan fingerprint density at radius 1 is 1.18 bits per heavy atom. The van der Waals surface area contributed by atoms with Gasteiger partial charge >= 0.3 is 6.03 Å². The Morgan fingerprint density at radius 2 is 1.94 bits per heavy atom. The molecular weight excluding hydrogens is 478 g/mol. The Bertz CT molecular complexity index is 1320. The standard InChI is InChI=1S/C21H22ClN9O2S/c1-12-27-17-18(30-7-3-14(33-2)4-8-30)16(11-24-20(17)34-12)29-21(32)28-13-9-15(22)19(23-10-13)31-25-5-6-26-31/h5-6,9-11,14H,3-4,7-8H2,1-2H3,(H2,28,29,32). The third-order valence-electron chi connectivity index (χ3n) is 5.53. The monoisotopic (exact) mass is 499 g/mol. The van der Waals surface area contributed by atoms with Gasteiger partial charge in [-0.3, -0.25) is 0 Å². The van der Waals surface area contributed by atoms with Crippen LogP contribution in [0.4, 0.5) is 21.9 Å². The second kappa shape index (κ2) is 9.49. The van der Waals surface area contributed by atoms with Gasteiger partial charge in [-0.2, -0.15) is 10.2 Å². The number of pyridine rings is 2. The lowest BCUT2D eigenvalue weighted by molar-refractivity contribution is 0.0820. The first-order chi connectivity index (χ1) is 16.5. The van der Waals surface area contributed by atoms with E-state index in [4.69, 9.17) is 21.3 Å². The van der Waals surface area contributed by atoms with E-state index in [-0.39, 0.29) is 6.10 Å². The average Bonchev–Trinajstić information content (AvgIpc) is 3.48. The van der Waals surface area contributed by atoms with Gasteiger partial charge in [0.15, 0.2) is 5.82 Å². The maximum atomic E-state index is 12.9. The molecule has 1 aliphatic rings. The number of ether oxygens (including phenoxy) is 1. The van der Waals surface area contributed by atoms with Crippen LogP contribution in [0.15, 0.2) is 30.9 Å². The van der Waals surface area contributed by atoms with Gasteiger partial charge in [0.25, 0.3) is 0 Å². The van der Waals surface area contributed by atoms with Crippen molar-refractivity contribution in [3.63, 3.8) is 0 Å². The van der Waals surface area contributed by atoms with E-state index in [0.717, 1.165) is 47.0 Å². The highest BCUT2D eigenvalue weighted by atomic mass is 35.5. The molecular formula is C21H22ClN9O2S. The molecule has 0 saturated carbocycles. The number of halogens is 1. The fourth-order valence-electron chi connectivity index (χ4n) is 3.95. The number of thiazole rings is 1. The summed E-state index contributed by atoms with van der Waals surface area (Å²) in [6.45, 7) is 3.55. The molecule has 0 aliphatic carbocycles. The molecule has 0 radical (unpaired) electrons. The molecule has 5 rings (SSSR count). The lowest BCUT2D eigenvalue weighted by Gasteiger charge is -2.34. The number of carbonyl (C=O) groups excluding carboxylic acids is 1. The molecule has 1 fully saturated rings. The van der Waals surface area contributed by atoms with E-state index in [0.29, 0.717) is 22.2 Å². The number of methoxy groups -OCH3 is 1. The Balaban J connectivity index is 1.38. The zero-order valence-electron chi connectivity index (χ0n) is 18.5. The molecule has 11 nitrogen and oxygen atoms in total. The lowest BCUT2D eigenvalue weighted by atomic mass is 10.1. The number of rotatable bonds is 5. The lowest BCUT2D eigenvalue weighted by Crippen LogP contribution is -2.37. The molecule has 5 heterocycles. The van der Waals surface area contributed by atoms with Gasteiger partial charge in [-0.25, -0.2) is 19.7 Å². The van der Waals surface area contributed by atoms with Gasteiger partial charge in [0.2, 0.25) is 0 Å². The summed E-state index contributed by atoms with van der Waals surface area (Å²) in [5.41, 5.74) is 2.68. The van der Waals surface area contributed by atoms with E-state index in [9.17, 15) is 4.79 Å². The van der Waals surface area contributed by atoms with E-state index in [1.807, 2.05) is 6.92 Å². The molecule has 4 aromatic rings. The van der Waals surface area contributed by atoms with Crippen molar-refractivity contribution in [2.75, 3.05) is 35.7 Å². The normalized spacial score (nSPS) is 14.5. The zero-order chi connectivity index (χ0) is 23.7. The summed E-state index contributed by atoms with van der Waals surface area (Å²) in [5.74, 6) is 0.368. The number of urea groups is 1. The Labute approximate surface area is 204 Å². The van der Waals surface area contributed by atoms with Crippen LogP contribution in [0.5, 0.6) is 0 Å². The number of fused-ring (bicyclic) bond motifs is 1. The summed E-state index contributed by atoms with van der Waals surface area (Å²) in [6.07, 6.45) is 8.26. The largest absolute Gasteiger partial charge is 0.381 e. The van der Waals surface area contributed by atoms with E-state index in [1.54, 1.807) is 19.4 Å². The predicted octanol–water partition coefficient (Wildman–Crippen LogP) is 3.89. The molecule has 13 heteroatoms. The maximum absolute atomic E-state index is 12.9. The molecule has 0 atom stereocenters. The first-order valence-electron chi connectivity index (χ1n) is 10.7. The summed E-state index contributed by atoms with van der Waals surface area (Å²) >= 11 is 7.84. The molecule has 176 valence electrons. The molecule has 34 heavy (non-hydrogen) atoms. The minimum atomic E-state index is -0.441. The molecule has 2 N–H and O–H groups in total. The van der Waals surface area contributed by atoms with Crippen LogP contribution in [0.2, 0.25) is 5.02 Å². The predicted molar refractivity (Wildman–Crippen MR) is 131 cm³/mol. The van der Waals surface area contributed by atoms with Crippen molar-refractivity contribution in [2.24, 2.45) is 0 Å². The fraction of sp³-hybridized carbons (Fsp3) is 0.333. The van der Waals surface area contributed by atoms with Crippen molar-refractivity contribution < 1.29 is 9.53 Å². The minimum Gasteiger partial charge on any atom is -0.381 e. The molecule has 1 saturated heterocycles. The van der Waals surface area contributed by atoms with Gasteiger partial charge in [0, 0.05) is 20.2 Å². The summed E-state index contributed by atoms with van der Waals surface area (Å²) in [5, 5.41) is 15.0. The third-order valence-corrected chi connectivity index (χ3v) is 6.69. The van der Waals surface area contributed by atoms with Gasteiger partial charge in [-0.05, 0) is 25.8 Å². The zero-order valence-corrected chi connectivity index (χ0v) is 20.1. The SMILES string of the molecule is COC1CCN(c2c(NC(=O)Nc3cnc(-n4nccn4)c(Cl)c3)cnc3sc(C)nc23)CC1. The van der Waals surface area contributed by atoms with Gasteiger partial charge in [-0.15, -0.1) is 4.80 Å². The Hall–Kier alpha value is -3.35. The third kappa shape index (κ3) is 4.52. The van der Waals surface area contributed by atoms with Gasteiger partial charge in [0.05, 0.1) is 58.0 Å². The summed E-state index contributed by atoms with van der Waals surface area (Å²) in [4.78, 5) is 30.7. The number of nitrogens with zero attached hydrogens (tertiary/aromatic N) is 7. The smallest absolute Gasteiger partial charge is 0.323 e. The summed E-state index contributed by atoms with van der Waals surface area (Å²) in [7, 11) is 1.74. The van der Waals surface area contributed by atoms with Gasteiger partial charge < -0.3 is 20.3 Å². The fourth-order valence-corrected chi connectivity index (χ4v) is 4.96. The first kappa shape index (κ1) is 22.4. The van der Waals surface area contributed by atoms with Gasteiger partial charge in [0.1, 0.15) is 10.3 Å². The summed E-state index contributed by atoms with van der Waals surface area (Å²) in [6, 6.07) is 1.15. The van der Waals surface area contributed by atoms with E-state index >= 15 is 0 Å². The van der Waals surface area contributed by atoms with E-state index < -0.39 is 6.03 Å². The van der Waals surface area contributed by atoms with Crippen LogP contribution < -0.4 is 15.5 Å². The number of amides is 2. The first-order valence-corrected chi connectivity index (χ1v) is 11.9. The number of aromatic nitrogens is 6. The van der Waals surface area contributed by atoms with Crippen molar-refractivity contribution in [2.45, 2.75) is 25.9 Å². The molecule has 1 aliphatic heterocycles. The van der Waals surface area contributed by atoms with Crippen LogP contribution in [0, 0.1) is 6.92 Å². The van der Waals surface area contributed by atoms with Crippen molar-refractivity contribution in [1.82, 2.24) is 29.9 Å².